The van der Waals surface area contributed by atoms with Crippen LogP contribution in [0.4, 0.5) is 4.79 Å². The number of carbonyl (C=O) groups excluding carboxylic acids is 3. The van der Waals surface area contributed by atoms with E-state index in [2.05, 4.69) is 14.9 Å². The number of hydrazine groups is 1. The Morgan fingerprint density at radius 3 is 2.22 bits per heavy atom. The molecule has 4 aromatic carbocycles. The van der Waals surface area contributed by atoms with Gasteiger partial charge in [0.1, 0.15) is 13.2 Å². The van der Waals surface area contributed by atoms with Crippen LogP contribution >= 0.6 is 0 Å². The third-order valence-electron chi connectivity index (χ3n) is 10.0. The number of amidine groups is 1. The van der Waals surface area contributed by atoms with Crippen LogP contribution in [-0.4, -0.2) is 76.5 Å². The van der Waals surface area contributed by atoms with Gasteiger partial charge in [0.15, 0.2) is 5.84 Å². The summed E-state index contributed by atoms with van der Waals surface area (Å²) in [5.41, 5.74) is 11.8. The molecule has 0 bridgehead atoms. The van der Waals surface area contributed by atoms with E-state index in [-0.39, 0.29) is 37.6 Å². The molecular weight excluding hydrogens is 831 g/mol. The number of imidazole rings is 1. The molecule has 0 spiro atoms. The first-order chi connectivity index (χ1) is 30.9. The number of ether oxygens (including phenoxy) is 6. The minimum absolute atomic E-state index is 0.0515. The van der Waals surface area contributed by atoms with Gasteiger partial charge in [-0.1, -0.05) is 98.1 Å². The van der Waals surface area contributed by atoms with Crippen molar-refractivity contribution in [1.82, 2.24) is 14.7 Å². The maximum Gasteiger partial charge on any atom is 0.510 e. The minimum Gasteiger partial charge on any atom is -0.465 e. The summed E-state index contributed by atoms with van der Waals surface area (Å²) in [4.78, 5) is 55.5. The van der Waals surface area contributed by atoms with Crippen LogP contribution in [0.5, 0.6) is 6.01 Å². The fourth-order valence-electron chi connectivity index (χ4n) is 6.75. The zero-order chi connectivity index (χ0) is 46.0. The smallest absolute Gasteiger partial charge is 0.465 e. The predicted molar refractivity (Wildman–Crippen MR) is 233 cm³/mol. The molecular formula is C45H53N7O12. The number of hydrogen-bond acceptors (Lipinski definition) is 16. The maximum atomic E-state index is 13.1. The Labute approximate surface area is 369 Å². The van der Waals surface area contributed by atoms with Gasteiger partial charge in [0, 0.05) is 19.6 Å². The molecule has 1 aliphatic rings. The molecule has 0 radical (unpaired) electrons. The van der Waals surface area contributed by atoms with E-state index in [0.717, 1.165) is 21.8 Å². The summed E-state index contributed by atoms with van der Waals surface area (Å²) in [7, 11) is 1.82. The Morgan fingerprint density at radius 1 is 0.922 bits per heavy atom. The van der Waals surface area contributed by atoms with E-state index in [4.69, 9.17) is 40.0 Å². The lowest BCUT2D eigenvalue weighted by atomic mass is 9.98. The van der Waals surface area contributed by atoms with Crippen molar-refractivity contribution in [3.63, 3.8) is 0 Å². The van der Waals surface area contributed by atoms with Crippen LogP contribution in [-0.2, 0) is 53.1 Å². The molecule has 19 heteroatoms. The fourth-order valence-corrected chi connectivity index (χ4v) is 6.75. The van der Waals surface area contributed by atoms with Gasteiger partial charge in [-0.25, -0.2) is 15.4 Å². The van der Waals surface area contributed by atoms with Crippen LogP contribution < -0.4 is 16.3 Å². The van der Waals surface area contributed by atoms with Gasteiger partial charge in [0.05, 0.1) is 35.9 Å². The number of hydrogen-bond donors (Lipinski definition) is 2. The van der Waals surface area contributed by atoms with Crippen LogP contribution in [0.15, 0.2) is 96.1 Å². The number of nitrogens with zero attached hydrogens (tertiary/aromatic N) is 5. The van der Waals surface area contributed by atoms with Gasteiger partial charge >= 0.3 is 12.1 Å². The number of aromatic nitrogens is 2. The number of para-hydroxylation sites is 1. The van der Waals surface area contributed by atoms with Crippen molar-refractivity contribution in [3.8, 4) is 17.1 Å². The summed E-state index contributed by atoms with van der Waals surface area (Å²) in [6, 6.07) is 26.8. The molecule has 340 valence electrons. The van der Waals surface area contributed by atoms with Gasteiger partial charge in [0.25, 0.3) is 17.6 Å². The van der Waals surface area contributed by atoms with Gasteiger partial charge in [-0.3, -0.25) is 9.36 Å². The van der Waals surface area contributed by atoms with E-state index >= 15 is 0 Å². The highest BCUT2D eigenvalue weighted by molar-refractivity contribution is 6.03. The number of methoxy groups -OCH3 is 1. The largest absolute Gasteiger partial charge is 0.510 e. The van der Waals surface area contributed by atoms with Gasteiger partial charge in [-0.05, 0) is 66.6 Å². The van der Waals surface area contributed by atoms with Gasteiger partial charge < -0.3 is 39.0 Å². The predicted octanol–water partition coefficient (Wildman–Crippen LogP) is 7.00. The number of fused-ring (bicyclic) bond motifs is 1. The van der Waals surface area contributed by atoms with Crippen molar-refractivity contribution in [2.45, 2.75) is 91.3 Å². The summed E-state index contributed by atoms with van der Waals surface area (Å²) in [6.07, 6.45) is 4.17. The normalized spacial score (nSPS) is 13.7. The monoisotopic (exact) mass is 883 g/mol. The highest BCUT2D eigenvalue weighted by Gasteiger charge is 2.23. The van der Waals surface area contributed by atoms with E-state index < -0.39 is 29.7 Å². The Kier molecular flexibility index (Phi) is 17.8. The van der Waals surface area contributed by atoms with Crippen molar-refractivity contribution < 1.29 is 52.7 Å². The third-order valence-corrected chi connectivity index (χ3v) is 10.0. The van der Waals surface area contributed by atoms with Crippen molar-refractivity contribution in [2.24, 2.45) is 16.7 Å². The van der Waals surface area contributed by atoms with E-state index in [1.807, 2.05) is 50.4 Å². The molecule has 6 rings (SSSR count). The number of rotatable bonds is 19. The molecule has 0 amide bonds. The molecule has 19 nitrogen and oxygen atoms in total. The van der Waals surface area contributed by atoms with E-state index in [1.54, 1.807) is 59.2 Å². The van der Waals surface area contributed by atoms with E-state index in [0.29, 0.717) is 46.4 Å². The summed E-state index contributed by atoms with van der Waals surface area (Å²) < 4.78 is 33.2. The molecule has 0 aliphatic heterocycles. The van der Waals surface area contributed by atoms with Crippen LogP contribution in [0, 0.1) is 10.1 Å². The number of nitrogens with two attached hydrogens (primary N) is 2. The zero-order valence-electron chi connectivity index (χ0n) is 36.1. The van der Waals surface area contributed by atoms with Crippen LogP contribution in [0.2, 0.25) is 0 Å². The highest BCUT2D eigenvalue weighted by Crippen LogP contribution is 2.29. The van der Waals surface area contributed by atoms with Crippen molar-refractivity contribution in [3.05, 3.63) is 129 Å². The van der Waals surface area contributed by atoms with Crippen LogP contribution in [0.3, 0.4) is 0 Å². The first-order valence-electron chi connectivity index (χ1n) is 20.6. The van der Waals surface area contributed by atoms with Crippen LogP contribution in [0.25, 0.3) is 22.2 Å². The van der Waals surface area contributed by atoms with E-state index in [1.165, 1.54) is 46.0 Å². The van der Waals surface area contributed by atoms with Crippen molar-refractivity contribution >= 4 is 35.5 Å². The van der Waals surface area contributed by atoms with Crippen molar-refractivity contribution in [1.29, 1.82) is 0 Å². The zero-order valence-corrected chi connectivity index (χ0v) is 36.1. The second-order valence-electron chi connectivity index (χ2n) is 14.5. The Bertz CT molecular complexity index is 2350. The van der Waals surface area contributed by atoms with Crippen molar-refractivity contribution in [2.75, 3.05) is 13.7 Å². The fraction of sp³-hybridized carbons (Fsp3) is 0.356. The SMILES string of the molecule is CCOc1nc2cccc(C(=O)OC(C)OC=O)c2n1Cc1ccc(-c2ccccc2/C(N)=N/N(N)C(C)OC(=O)OCc2ccc(CO[N+](=O)[O-])cc2)cc1.COC1CCCCC1. The Balaban J connectivity index is 0.000000866. The summed E-state index contributed by atoms with van der Waals surface area (Å²) in [5, 5.41) is 14.6. The molecule has 2 unspecified atom stereocenters. The molecule has 2 atom stereocenters. The number of esters is 1. The number of carbonyl (C=O) groups is 3. The quantitative estimate of drug-likeness (QED) is 0.0124. The molecule has 0 saturated heterocycles. The maximum absolute atomic E-state index is 13.1. The van der Waals surface area contributed by atoms with E-state index in [9.17, 15) is 24.5 Å². The molecule has 1 fully saturated rings. The second kappa shape index (κ2) is 23.8. The molecule has 64 heavy (non-hydrogen) atoms. The van der Waals surface area contributed by atoms with Gasteiger partial charge in [-0.15, -0.1) is 15.2 Å². The van der Waals surface area contributed by atoms with Crippen LogP contribution in [0.1, 0.15) is 85.5 Å². The molecule has 5 aromatic rings. The van der Waals surface area contributed by atoms with Gasteiger partial charge in [-0.2, -0.15) is 10.1 Å². The molecule has 1 saturated carbocycles. The Morgan fingerprint density at radius 2 is 1.58 bits per heavy atom. The second-order valence-corrected chi connectivity index (χ2v) is 14.5. The lowest BCUT2D eigenvalue weighted by Crippen LogP contribution is -2.40. The standard InChI is InChI=1S/C38H39N7O11.C7H14O/c1-4-51-37-41-33-11-7-10-32(36(47)56-25(3)53-23-46)34(33)43(37)20-26-16-18-29(19-17-26)30-8-5-6-9-31(30)35(39)42-44(40)24(2)55-38(48)52-21-27-12-14-28(15-13-27)22-54-45(49)50;1-8-7-5-3-2-4-6-7/h5-19,23-25H,4,20-22,40H2,1-3H3,(H2,39,42);7H,2-6H2,1H3. The molecule has 1 aromatic heterocycles. The summed E-state index contributed by atoms with van der Waals surface area (Å²) in [5.74, 6) is 5.46. The van der Waals surface area contributed by atoms with Gasteiger partial charge in [0.2, 0.25) is 12.5 Å². The average Bonchev–Trinajstić information content (AvgIpc) is 3.65. The third kappa shape index (κ3) is 13.6. The summed E-state index contributed by atoms with van der Waals surface area (Å²) >= 11 is 0. The number of hydrazone groups is 1. The average molecular weight is 884 g/mol. The minimum atomic E-state index is -1.09. The number of benzene rings is 4. The first kappa shape index (κ1) is 47.8. The topological polar surface area (TPSA) is 244 Å². The molecule has 4 N–H and O–H groups in total. The Hall–Kier alpha value is -7.25. The highest BCUT2D eigenvalue weighted by atomic mass is 16.9. The molecule has 1 aliphatic carbocycles. The lowest BCUT2D eigenvalue weighted by Gasteiger charge is -2.21. The summed E-state index contributed by atoms with van der Waals surface area (Å²) in [6.45, 7) is 5.27. The molecule has 1 heterocycles. The lowest BCUT2D eigenvalue weighted by molar-refractivity contribution is -0.763. The first-order valence-corrected chi connectivity index (χ1v) is 20.6.